The van der Waals surface area contributed by atoms with Crippen LogP contribution in [0.25, 0.3) is 0 Å². The van der Waals surface area contributed by atoms with Crippen molar-refractivity contribution in [2.75, 3.05) is 0 Å². The molecule has 76 valence electrons. The number of aldehydes is 1. The van der Waals surface area contributed by atoms with E-state index < -0.39 is 6.10 Å². The van der Waals surface area contributed by atoms with Gasteiger partial charge in [0.05, 0.1) is 6.10 Å². The minimum atomic E-state index is -0.503. The van der Waals surface area contributed by atoms with Crippen LogP contribution in [0.2, 0.25) is 0 Å². The fraction of sp³-hybridized carbons (Fsp3) is 0.417. The molecule has 0 saturated heterocycles. The van der Waals surface area contributed by atoms with Gasteiger partial charge in [0.15, 0.2) is 0 Å². The van der Waals surface area contributed by atoms with Crippen molar-refractivity contribution >= 4 is 6.29 Å². The van der Waals surface area contributed by atoms with Crippen molar-refractivity contribution in [2.24, 2.45) is 0 Å². The predicted octanol–water partition coefficient (Wildman–Crippen LogP) is 2.72. The van der Waals surface area contributed by atoms with Crippen LogP contribution in [0.1, 0.15) is 48.2 Å². The summed E-state index contributed by atoms with van der Waals surface area (Å²) in [4.78, 5) is 10.7. The molecule has 1 N–H and O–H groups in total. The number of hydrogen-bond donors (Lipinski definition) is 1. The Labute approximate surface area is 84.6 Å². The Morgan fingerprint density at radius 2 is 2.14 bits per heavy atom. The smallest absolute Gasteiger partial charge is 0.150 e. The summed E-state index contributed by atoms with van der Waals surface area (Å²) < 4.78 is 0. The van der Waals surface area contributed by atoms with E-state index in [1.54, 1.807) is 12.1 Å². The molecule has 0 aliphatic carbocycles. The normalized spacial score (nSPS) is 12.4. The SMILES string of the molecule is CCCCC(O)c1ccccc1C=O. The molecule has 2 nitrogen and oxygen atoms in total. The summed E-state index contributed by atoms with van der Waals surface area (Å²) in [5.41, 5.74) is 1.34. The maximum Gasteiger partial charge on any atom is 0.150 e. The van der Waals surface area contributed by atoms with E-state index in [0.29, 0.717) is 5.56 Å². The fourth-order valence-corrected chi connectivity index (χ4v) is 1.47. The summed E-state index contributed by atoms with van der Waals surface area (Å²) in [7, 11) is 0. The average molecular weight is 192 g/mol. The first-order valence-electron chi connectivity index (χ1n) is 5.01. The van der Waals surface area contributed by atoms with E-state index in [1.165, 1.54) is 0 Å². The first-order chi connectivity index (χ1) is 6.79. The van der Waals surface area contributed by atoms with Gasteiger partial charge in [-0.15, -0.1) is 0 Å². The van der Waals surface area contributed by atoms with Crippen LogP contribution < -0.4 is 0 Å². The number of aliphatic hydroxyl groups is 1. The lowest BCUT2D eigenvalue weighted by atomic mass is 9.99. The van der Waals surface area contributed by atoms with Gasteiger partial charge in [0.25, 0.3) is 0 Å². The van der Waals surface area contributed by atoms with Crippen LogP contribution in [0, 0.1) is 0 Å². The first kappa shape index (κ1) is 10.9. The Bertz CT molecular complexity index is 294. The van der Waals surface area contributed by atoms with E-state index in [-0.39, 0.29) is 0 Å². The molecule has 0 aliphatic rings. The molecule has 1 atom stereocenters. The molecule has 0 saturated carbocycles. The Morgan fingerprint density at radius 3 is 2.79 bits per heavy atom. The first-order valence-corrected chi connectivity index (χ1v) is 5.01. The quantitative estimate of drug-likeness (QED) is 0.728. The van der Waals surface area contributed by atoms with Gasteiger partial charge >= 0.3 is 0 Å². The zero-order valence-electron chi connectivity index (χ0n) is 8.44. The van der Waals surface area contributed by atoms with Crippen LogP contribution in [0.15, 0.2) is 24.3 Å². The van der Waals surface area contributed by atoms with Gasteiger partial charge in [0.2, 0.25) is 0 Å². The lowest BCUT2D eigenvalue weighted by Gasteiger charge is -2.11. The van der Waals surface area contributed by atoms with Gasteiger partial charge in [-0.3, -0.25) is 4.79 Å². The monoisotopic (exact) mass is 192 g/mol. The van der Waals surface area contributed by atoms with E-state index in [0.717, 1.165) is 31.1 Å². The molecule has 1 unspecified atom stereocenters. The average Bonchev–Trinajstić information content (AvgIpc) is 2.25. The van der Waals surface area contributed by atoms with Gasteiger partial charge in [-0.25, -0.2) is 0 Å². The molecule has 0 spiro atoms. The topological polar surface area (TPSA) is 37.3 Å². The molecule has 1 aromatic rings. The second-order valence-corrected chi connectivity index (χ2v) is 3.40. The van der Waals surface area contributed by atoms with Crippen LogP contribution in [-0.4, -0.2) is 11.4 Å². The van der Waals surface area contributed by atoms with Crippen LogP contribution in [0.4, 0.5) is 0 Å². The van der Waals surface area contributed by atoms with E-state index in [9.17, 15) is 9.90 Å². The Hall–Kier alpha value is -1.15. The van der Waals surface area contributed by atoms with Crippen molar-refractivity contribution in [1.82, 2.24) is 0 Å². The highest BCUT2D eigenvalue weighted by atomic mass is 16.3. The number of aliphatic hydroxyl groups excluding tert-OH is 1. The molecule has 2 heteroatoms. The number of hydrogen-bond acceptors (Lipinski definition) is 2. The van der Waals surface area contributed by atoms with E-state index in [1.807, 2.05) is 12.1 Å². The van der Waals surface area contributed by atoms with Gasteiger partial charge in [-0.1, -0.05) is 44.0 Å². The minimum Gasteiger partial charge on any atom is -0.388 e. The van der Waals surface area contributed by atoms with Crippen molar-refractivity contribution < 1.29 is 9.90 Å². The van der Waals surface area contributed by atoms with E-state index in [4.69, 9.17) is 0 Å². The van der Waals surface area contributed by atoms with Crippen LogP contribution in [-0.2, 0) is 0 Å². The van der Waals surface area contributed by atoms with Crippen molar-refractivity contribution in [3.05, 3.63) is 35.4 Å². The Balaban J connectivity index is 2.77. The summed E-state index contributed by atoms with van der Waals surface area (Å²) in [6, 6.07) is 7.19. The zero-order chi connectivity index (χ0) is 10.4. The maximum atomic E-state index is 10.7. The molecule has 0 bridgehead atoms. The third-order valence-corrected chi connectivity index (χ3v) is 2.31. The number of rotatable bonds is 5. The van der Waals surface area contributed by atoms with Crippen LogP contribution >= 0.6 is 0 Å². The van der Waals surface area contributed by atoms with Gasteiger partial charge in [-0.05, 0) is 12.0 Å². The molecular formula is C12H16O2. The van der Waals surface area contributed by atoms with Crippen molar-refractivity contribution in [1.29, 1.82) is 0 Å². The molecule has 14 heavy (non-hydrogen) atoms. The summed E-state index contributed by atoms with van der Waals surface area (Å²) in [5, 5.41) is 9.80. The standard InChI is InChI=1S/C12H16O2/c1-2-3-8-12(14)11-7-5-4-6-10(11)9-13/h4-7,9,12,14H,2-3,8H2,1H3. The highest BCUT2D eigenvalue weighted by Gasteiger charge is 2.10. The number of unbranched alkanes of at least 4 members (excludes halogenated alkanes) is 1. The molecule has 0 heterocycles. The van der Waals surface area contributed by atoms with Gasteiger partial charge in [0.1, 0.15) is 6.29 Å². The molecule has 0 amide bonds. The number of carbonyl (C=O) groups is 1. The summed E-state index contributed by atoms with van der Waals surface area (Å²) >= 11 is 0. The predicted molar refractivity (Wildman–Crippen MR) is 56.3 cm³/mol. The number of benzene rings is 1. The van der Waals surface area contributed by atoms with Gasteiger partial charge in [0, 0.05) is 5.56 Å². The highest BCUT2D eigenvalue weighted by molar-refractivity contribution is 5.77. The van der Waals surface area contributed by atoms with Gasteiger partial charge in [-0.2, -0.15) is 0 Å². The van der Waals surface area contributed by atoms with Crippen LogP contribution in [0.3, 0.4) is 0 Å². The van der Waals surface area contributed by atoms with E-state index >= 15 is 0 Å². The summed E-state index contributed by atoms with van der Waals surface area (Å²) in [5.74, 6) is 0. The van der Waals surface area contributed by atoms with Crippen molar-refractivity contribution in [3.8, 4) is 0 Å². The molecule has 1 aromatic carbocycles. The van der Waals surface area contributed by atoms with Crippen molar-refractivity contribution in [3.63, 3.8) is 0 Å². The molecule has 0 radical (unpaired) electrons. The third-order valence-electron chi connectivity index (χ3n) is 2.31. The summed E-state index contributed by atoms with van der Waals surface area (Å²) in [6.45, 7) is 2.08. The summed E-state index contributed by atoms with van der Waals surface area (Å²) in [6.07, 6.45) is 3.05. The Morgan fingerprint density at radius 1 is 1.43 bits per heavy atom. The molecular weight excluding hydrogens is 176 g/mol. The van der Waals surface area contributed by atoms with Crippen LogP contribution in [0.5, 0.6) is 0 Å². The second-order valence-electron chi connectivity index (χ2n) is 3.40. The maximum absolute atomic E-state index is 10.7. The molecule has 0 fully saturated rings. The molecule has 0 aromatic heterocycles. The highest BCUT2D eigenvalue weighted by Crippen LogP contribution is 2.21. The van der Waals surface area contributed by atoms with E-state index in [2.05, 4.69) is 6.92 Å². The third kappa shape index (κ3) is 2.67. The lowest BCUT2D eigenvalue weighted by molar-refractivity contribution is 0.111. The lowest BCUT2D eigenvalue weighted by Crippen LogP contribution is -2.01. The molecule has 0 aliphatic heterocycles. The Kier molecular flexibility index (Phi) is 4.33. The van der Waals surface area contributed by atoms with Crippen molar-refractivity contribution in [2.45, 2.75) is 32.3 Å². The van der Waals surface area contributed by atoms with Gasteiger partial charge < -0.3 is 5.11 Å². The minimum absolute atomic E-state index is 0.503. The fourth-order valence-electron chi connectivity index (χ4n) is 1.47. The number of carbonyl (C=O) groups excluding carboxylic acids is 1. The largest absolute Gasteiger partial charge is 0.388 e. The zero-order valence-corrected chi connectivity index (χ0v) is 8.44. The second kappa shape index (κ2) is 5.55. The molecule has 1 rings (SSSR count).